The minimum atomic E-state index is -0.452. The minimum Gasteiger partial charge on any atom is -0.497 e. The van der Waals surface area contributed by atoms with Gasteiger partial charge >= 0.3 is 0 Å². The van der Waals surface area contributed by atoms with Gasteiger partial charge in [0.05, 0.1) is 13.2 Å². The Morgan fingerprint density at radius 3 is 2.68 bits per heavy atom. The second kappa shape index (κ2) is 10.9. The van der Waals surface area contributed by atoms with Crippen LogP contribution < -0.4 is 10.3 Å². The van der Waals surface area contributed by atoms with Crippen molar-refractivity contribution >= 4 is 22.2 Å². The van der Waals surface area contributed by atoms with Gasteiger partial charge in [0, 0.05) is 34.4 Å². The van der Waals surface area contributed by atoms with Gasteiger partial charge < -0.3 is 9.72 Å². The first kappa shape index (κ1) is 24.5. The Labute approximate surface area is 224 Å². The number of benzene rings is 2. The summed E-state index contributed by atoms with van der Waals surface area (Å²) < 4.78 is 7.44. The molecule has 194 valence electrons. The Kier molecular flexibility index (Phi) is 7.02. The van der Waals surface area contributed by atoms with E-state index in [9.17, 15) is 4.79 Å². The van der Waals surface area contributed by atoms with Crippen molar-refractivity contribution in [2.45, 2.75) is 50.9 Å². The summed E-state index contributed by atoms with van der Waals surface area (Å²) in [6, 6.07) is 22.0. The summed E-state index contributed by atoms with van der Waals surface area (Å²) in [5.74, 6) is 1.44. The van der Waals surface area contributed by atoms with Gasteiger partial charge in [-0.15, -0.1) is 16.4 Å². The van der Waals surface area contributed by atoms with Crippen LogP contribution in [-0.4, -0.2) is 37.2 Å². The van der Waals surface area contributed by atoms with Crippen LogP contribution in [0.1, 0.15) is 59.6 Å². The molecule has 38 heavy (non-hydrogen) atoms. The Bertz CT molecular complexity index is 1560. The Morgan fingerprint density at radius 1 is 1.08 bits per heavy atom. The normalized spacial score (nSPS) is 14.9. The van der Waals surface area contributed by atoms with Crippen molar-refractivity contribution in [2.75, 3.05) is 7.11 Å². The van der Waals surface area contributed by atoms with Crippen molar-refractivity contribution < 1.29 is 4.74 Å². The number of aromatic nitrogens is 5. The monoisotopic (exact) mass is 526 g/mol. The van der Waals surface area contributed by atoms with E-state index in [1.165, 1.54) is 4.88 Å². The maximum absolute atomic E-state index is 13.7. The first-order chi connectivity index (χ1) is 18.7. The molecule has 0 aliphatic heterocycles. The lowest BCUT2D eigenvalue weighted by molar-refractivity contribution is 0.192. The molecule has 6 rings (SSSR count). The lowest BCUT2D eigenvalue weighted by Gasteiger charge is -2.31. The molecule has 0 bridgehead atoms. The topological polar surface area (TPSA) is 88.9 Å². The largest absolute Gasteiger partial charge is 0.497 e. The lowest BCUT2D eigenvalue weighted by atomic mass is 10.0. The van der Waals surface area contributed by atoms with E-state index < -0.39 is 6.04 Å². The van der Waals surface area contributed by atoms with E-state index in [2.05, 4.69) is 55.1 Å². The molecule has 1 saturated carbocycles. The van der Waals surface area contributed by atoms with Crippen LogP contribution >= 0.6 is 11.3 Å². The molecular formula is C29H30N6O2S. The summed E-state index contributed by atoms with van der Waals surface area (Å²) >= 11 is 1.71. The van der Waals surface area contributed by atoms with Crippen LogP contribution in [0.15, 0.2) is 76.9 Å². The lowest BCUT2D eigenvalue weighted by Crippen LogP contribution is -2.35. The highest BCUT2D eigenvalue weighted by Crippen LogP contribution is 2.35. The van der Waals surface area contributed by atoms with Crippen LogP contribution in [-0.2, 0) is 13.1 Å². The number of H-pyrrole nitrogens is 1. The predicted molar refractivity (Wildman–Crippen MR) is 148 cm³/mol. The Hall–Kier alpha value is -3.82. The van der Waals surface area contributed by atoms with E-state index >= 15 is 0 Å². The number of methoxy groups -OCH3 is 1. The highest BCUT2D eigenvalue weighted by atomic mass is 32.1. The number of hydrogen-bond acceptors (Lipinski definition) is 7. The van der Waals surface area contributed by atoms with Gasteiger partial charge in [-0.05, 0) is 64.5 Å². The van der Waals surface area contributed by atoms with Gasteiger partial charge in [0.2, 0.25) is 0 Å². The van der Waals surface area contributed by atoms with Gasteiger partial charge in [-0.1, -0.05) is 49.2 Å². The summed E-state index contributed by atoms with van der Waals surface area (Å²) in [5.41, 5.74) is 2.40. The second-order valence-corrected chi connectivity index (χ2v) is 10.8. The average Bonchev–Trinajstić information content (AvgIpc) is 3.73. The molecule has 1 N–H and O–H groups in total. The molecule has 0 amide bonds. The number of nitrogens with one attached hydrogen (secondary N) is 1. The zero-order valence-electron chi connectivity index (χ0n) is 21.3. The summed E-state index contributed by atoms with van der Waals surface area (Å²) in [4.78, 5) is 20.4. The molecule has 8 nitrogen and oxygen atoms in total. The van der Waals surface area contributed by atoms with Crippen LogP contribution in [0.4, 0.5) is 0 Å². The Morgan fingerprint density at radius 2 is 1.92 bits per heavy atom. The number of thiophene rings is 1. The average molecular weight is 527 g/mol. The maximum atomic E-state index is 13.7. The van der Waals surface area contributed by atoms with Crippen molar-refractivity contribution in [3.8, 4) is 5.75 Å². The number of fused-ring (bicyclic) bond motifs is 1. The molecule has 3 heterocycles. The third kappa shape index (κ3) is 4.99. The molecule has 1 atom stereocenters. The number of aromatic amines is 1. The van der Waals surface area contributed by atoms with Crippen molar-refractivity contribution in [3.63, 3.8) is 0 Å². The fourth-order valence-corrected chi connectivity index (χ4v) is 6.21. The molecule has 1 fully saturated rings. The van der Waals surface area contributed by atoms with Gasteiger partial charge in [0.15, 0.2) is 5.82 Å². The highest BCUT2D eigenvalue weighted by molar-refractivity contribution is 7.09. The van der Waals surface area contributed by atoms with Crippen molar-refractivity contribution in [1.82, 2.24) is 30.1 Å². The highest BCUT2D eigenvalue weighted by Gasteiger charge is 2.33. The van der Waals surface area contributed by atoms with Crippen LogP contribution in [0.5, 0.6) is 5.75 Å². The van der Waals surface area contributed by atoms with Gasteiger partial charge in [-0.25, -0.2) is 4.68 Å². The van der Waals surface area contributed by atoms with Crippen molar-refractivity contribution in [2.24, 2.45) is 0 Å². The van der Waals surface area contributed by atoms with Gasteiger partial charge in [0.1, 0.15) is 11.8 Å². The third-order valence-electron chi connectivity index (χ3n) is 7.34. The number of tetrazole rings is 1. The molecule has 9 heteroatoms. The molecule has 0 radical (unpaired) electrons. The zero-order chi connectivity index (χ0) is 25.9. The summed E-state index contributed by atoms with van der Waals surface area (Å²) in [6.07, 6.45) is 4.40. The standard InChI is InChI=1S/C29H30N6O2S/c1-37-23-13-14-26-21(16-23)17-25(29(36)30-26)27(28-31-32-33-35(28)22-10-5-6-11-22)34(19-24-12-7-15-38-24)18-20-8-3-2-4-9-20/h2-4,7-9,12-17,22,27H,5-6,10-11,18-19H2,1H3,(H,30,36)/t27-/m1/s1. The maximum Gasteiger partial charge on any atom is 0.253 e. The number of ether oxygens (including phenoxy) is 1. The first-order valence-corrected chi connectivity index (χ1v) is 13.9. The number of pyridine rings is 1. The van der Waals surface area contributed by atoms with Gasteiger partial charge in [-0.3, -0.25) is 9.69 Å². The van der Waals surface area contributed by atoms with E-state index in [1.807, 2.05) is 47.1 Å². The van der Waals surface area contributed by atoms with E-state index in [0.717, 1.165) is 47.9 Å². The zero-order valence-corrected chi connectivity index (χ0v) is 22.1. The number of nitrogens with zero attached hydrogens (tertiary/aromatic N) is 5. The predicted octanol–water partition coefficient (Wildman–Crippen LogP) is 5.49. The second-order valence-electron chi connectivity index (χ2n) is 9.80. The van der Waals surface area contributed by atoms with Crippen LogP contribution in [0.3, 0.4) is 0 Å². The fraction of sp³-hybridized carbons (Fsp3) is 0.310. The van der Waals surface area contributed by atoms with Gasteiger partial charge in [0.25, 0.3) is 5.56 Å². The summed E-state index contributed by atoms with van der Waals surface area (Å²) in [6.45, 7) is 1.29. The molecule has 2 aromatic carbocycles. The molecular weight excluding hydrogens is 496 g/mol. The van der Waals surface area contributed by atoms with Crippen molar-refractivity contribution in [3.05, 3.63) is 104 Å². The van der Waals surface area contributed by atoms with E-state index in [4.69, 9.17) is 4.74 Å². The minimum absolute atomic E-state index is 0.141. The number of hydrogen-bond donors (Lipinski definition) is 1. The third-order valence-corrected chi connectivity index (χ3v) is 8.20. The van der Waals surface area contributed by atoms with Crippen LogP contribution in [0.25, 0.3) is 10.9 Å². The fourth-order valence-electron chi connectivity index (χ4n) is 5.48. The summed E-state index contributed by atoms with van der Waals surface area (Å²) in [5, 5.41) is 16.1. The van der Waals surface area contributed by atoms with E-state index in [0.29, 0.717) is 24.5 Å². The molecule has 0 spiro atoms. The molecule has 0 saturated heterocycles. The first-order valence-electron chi connectivity index (χ1n) is 13.0. The van der Waals surface area contributed by atoms with Crippen LogP contribution in [0, 0.1) is 0 Å². The molecule has 1 aliphatic rings. The van der Waals surface area contributed by atoms with Crippen molar-refractivity contribution in [1.29, 1.82) is 0 Å². The molecule has 0 unspecified atom stereocenters. The van der Waals surface area contributed by atoms with E-state index in [1.54, 1.807) is 18.4 Å². The summed E-state index contributed by atoms with van der Waals surface area (Å²) in [7, 11) is 1.65. The van der Waals surface area contributed by atoms with Gasteiger partial charge in [-0.2, -0.15) is 0 Å². The smallest absolute Gasteiger partial charge is 0.253 e. The van der Waals surface area contributed by atoms with Crippen LogP contribution in [0.2, 0.25) is 0 Å². The molecule has 5 aromatic rings. The Balaban J connectivity index is 1.53. The molecule has 3 aromatic heterocycles. The SMILES string of the molecule is COc1ccc2[nH]c(=O)c([C@H](c3nnnn3C3CCCC3)N(Cc3ccccc3)Cc3cccs3)cc2c1. The molecule has 1 aliphatic carbocycles. The quantitative estimate of drug-likeness (QED) is 0.273. The number of rotatable bonds is 9. The van der Waals surface area contributed by atoms with E-state index in [-0.39, 0.29) is 11.6 Å².